The van der Waals surface area contributed by atoms with Crippen LogP contribution in [0.5, 0.6) is 0 Å². The highest BCUT2D eigenvalue weighted by molar-refractivity contribution is 5.81. The summed E-state index contributed by atoms with van der Waals surface area (Å²) in [5.41, 5.74) is 5.53. The Morgan fingerprint density at radius 1 is 1.64 bits per heavy atom. The molecule has 1 amide bonds. The topological polar surface area (TPSA) is 58.4 Å². The van der Waals surface area contributed by atoms with Crippen molar-refractivity contribution in [3.8, 4) is 0 Å². The molecule has 1 saturated carbocycles. The number of hydrogen-bond acceptors (Lipinski definition) is 3. The van der Waals surface area contributed by atoms with Gasteiger partial charge in [-0.3, -0.25) is 9.69 Å². The molecule has 4 heteroatoms. The van der Waals surface area contributed by atoms with Gasteiger partial charge in [-0.2, -0.15) is 0 Å². The first kappa shape index (κ1) is 11.5. The van der Waals surface area contributed by atoms with E-state index in [4.69, 9.17) is 5.73 Å². The third-order valence-electron chi connectivity index (χ3n) is 2.63. The zero-order valence-corrected chi connectivity index (χ0v) is 9.12. The molecule has 0 spiro atoms. The number of nitrogens with two attached hydrogens (primary N) is 1. The van der Waals surface area contributed by atoms with E-state index in [-0.39, 0.29) is 11.9 Å². The van der Waals surface area contributed by atoms with Crippen LogP contribution < -0.4 is 11.1 Å². The number of rotatable bonds is 6. The van der Waals surface area contributed by atoms with Crippen molar-refractivity contribution in [2.75, 3.05) is 19.6 Å². The Morgan fingerprint density at radius 2 is 2.29 bits per heavy atom. The molecule has 1 aliphatic carbocycles. The van der Waals surface area contributed by atoms with Crippen LogP contribution in [0.1, 0.15) is 26.7 Å². The second-order valence-corrected chi connectivity index (χ2v) is 3.83. The molecule has 3 N–H and O–H groups in total. The van der Waals surface area contributed by atoms with Crippen molar-refractivity contribution in [2.24, 2.45) is 5.73 Å². The van der Waals surface area contributed by atoms with Crippen LogP contribution in [0.4, 0.5) is 0 Å². The lowest BCUT2D eigenvalue weighted by Crippen LogP contribution is -2.47. The number of likely N-dealkylation sites (N-methyl/N-ethyl adjacent to an activating group) is 1. The van der Waals surface area contributed by atoms with E-state index in [1.165, 1.54) is 12.8 Å². The van der Waals surface area contributed by atoms with E-state index in [1.54, 1.807) is 0 Å². The first-order valence-electron chi connectivity index (χ1n) is 5.44. The SMILES string of the molecule is CCNC(=O)C(C)N(CCN)C1CC1. The molecular weight excluding hydrogens is 178 g/mol. The molecule has 82 valence electrons. The van der Waals surface area contributed by atoms with Gasteiger partial charge in [-0.05, 0) is 26.7 Å². The van der Waals surface area contributed by atoms with Gasteiger partial charge in [0.15, 0.2) is 0 Å². The van der Waals surface area contributed by atoms with Crippen molar-refractivity contribution in [1.29, 1.82) is 0 Å². The van der Waals surface area contributed by atoms with Crippen molar-refractivity contribution in [3.63, 3.8) is 0 Å². The number of carbonyl (C=O) groups is 1. The van der Waals surface area contributed by atoms with E-state index in [1.807, 2.05) is 13.8 Å². The lowest BCUT2D eigenvalue weighted by molar-refractivity contribution is -0.126. The van der Waals surface area contributed by atoms with Crippen molar-refractivity contribution >= 4 is 5.91 Å². The molecule has 14 heavy (non-hydrogen) atoms. The number of nitrogens with one attached hydrogen (secondary N) is 1. The summed E-state index contributed by atoms with van der Waals surface area (Å²) in [7, 11) is 0. The van der Waals surface area contributed by atoms with Gasteiger partial charge >= 0.3 is 0 Å². The summed E-state index contributed by atoms with van der Waals surface area (Å²) < 4.78 is 0. The van der Waals surface area contributed by atoms with Crippen LogP contribution in [0.25, 0.3) is 0 Å². The molecule has 0 aromatic carbocycles. The summed E-state index contributed by atoms with van der Waals surface area (Å²) >= 11 is 0. The van der Waals surface area contributed by atoms with Gasteiger partial charge in [-0.15, -0.1) is 0 Å². The van der Waals surface area contributed by atoms with E-state index in [9.17, 15) is 4.79 Å². The predicted octanol–water partition coefficient (Wildman–Crippen LogP) is -0.0659. The van der Waals surface area contributed by atoms with Gasteiger partial charge in [0.1, 0.15) is 0 Å². The predicted molar refractivity (Wildman–Crippen MR) is 56.9 cm³/mol. The van der Waals surface area contributed by atoms with Crippen LogP contribution in [-0.4, -0.2) is 42.5 Å². The summed E-state index contributed by atoms with van der Waals surface area (Å²) in [5, 5.41) is 2.85. The molecule has 1 unspecified atom stereocenters. The lowest BCUT2D eigenvalue weighted by atomic mass is 10.2. The molecule has 0 radical (unpaired) electrons. The zero-order chi connectivity index (χ0) is 10.6. The minimum Gasteiger partial charge on any atom is -0.355 e. The van der Waals surface area contributed by atoms with Gasteiger partial charge in [-0.1, -0.05) is 0 Å². The summed E-state index contributed by atoms with van der Waals surface area (Å²) in [6, 6.07) is 0.558. The average Bonchev–Trinajstić information content (AvgIpc) is 2.97. The number of amides is 1. The average molecular weight is 199 g/mol. The maximum Gasteiger partial charge on any atom is 0.237 e. The molecule has 0 aromatic heterocycles. The second kappa shape index (κ2) is 5.32. The molecule has 0 saturated heterocycles. The summed E-state index contributed by atoms with van der Waals surface area (Å²) in [4.78, 5) is 13.8. The van der Waals surface area contributed by atoms with Gasteiger partial charge in [0.25, 0.3) is 0 Å². The Balaban J connectivity index is 2.44. The fourth-order valence-corrected chi connectivity index (χ4v) is 1.72. The lowest BCUT2D eigenvalue weighted by Gasteiger charge is -2.27. The first-order valence-corrected chi connectivity index (χ1v) is 5.44. The molecule has 1 fully saturated rings. The van der Waals surface area contributed by atoms with Crippen LogP contribution in [0.2, 0.25) is 0 Å². The fraction of sp³-hybridized carbons (Fsp3) is 0.900. The Kier molecular flexibility index (Phi) is 4.35. The molecule has 4 nitrogen and oxygen atoms in total. The summed E-state index contributed by atoms with van der Waals surface area (Å²) in [6.45, 7) is 6.04. The third kappa shape index (κ3) is 2.96. The maximum atomic E-state index is 11.6. The normalized spacial score (nSPS) is 18.3. The van der Waals surface area contributed by atoms with Crippen molar-refractivity contribution in [1.82, 2.24) is 10.2 Å². The molecule has 0 aromatic rings. The van der Waals surface area contributed by atoms with Gasteiger partial charge in [0.05, 0.1) is 6.04 Å². The fourth-order valence-electron chi connectivity index (χ4n) is 1.72. The van der Waals surface area contributed by atoms with Gasteiger partial charge in [-0.25, -0.2) is 0 Å². The van der Waals surface area contributed by atoms with Crippen LogP contribution >= 0.6 is 0 Å². The monoisotopic (exact) mass is 199 g/mol. The number of carbonyl (C=O) groups excluding carboxylic acids is 1. The molecule has 0 bridgehead atoms. The summed E-state index contributed by atoms with van der Waals surface area (Å²) in [5.74, 6) is 0.118. The summed E-state index contributed by atoms with van der Waals surface area (Å²) in [6.07, 6.45) is 2.42. The third-order valence-corrected chi connectivity index (χ3v) is 2.63. The molecule has 0 heterocycles. The van der Waals surface area contributed by atoms with Crippen molar-refractivity contribution in [3.05, 3.63) is 0 Å². The van der Waals surface area contributed by atoms with Gasteiger partial charge in [0.2, 0.25) is 5.91 Å². The molecule has 1 rings (SSSR count). The van der Waals surface area contributed by atoms with Crippen LogP contribution in [0.3, 0.4) is 0 Å². The van der Waals surface area contributed by atoms with Crippen LogP contribution in [0.15, 0.2) is 0 Å². The molecular formula is C10H21N3O. The Morgan fingerprint density at radius 3 is 2.71 bits per heavy atom. The van der Waals surface area contributed by atoms with Crippen LogP contribution in [0, 0.1) is 0 Å². The molecule has 1 atom stereocenters. The number of hydrogen-bond donors (Lipinski definition) is 2. The van der Waals surface area contributed by atoms with Crippen LogP contribution in [-0.2, 0) is 4.79 Å². The highest BCUT2D eigenvalue weighted by Crippen LogP contribution is 2.28. The van der Waals surface area contributed by atoms with Gasteiger partial charge in [0, 0.05) is 25.7 Å². The van der Waals surface area contributed by atoms with E-state index >= 15 is 0 Å². The molecule has 0 aliphatic heterocycles. The first-order chi connectivity index (χ1) is 6.70. The van der Waals surface area contributed by atoms with E-state index in [2.05, 4.69) is 10.2 Å². The highest BCUT2D eigenvalue weighted by atomic mass is 16.2. The largest absolute Gasteiger partial charge is 0.355 e. The molecule has 1 aliphatic rings. The van der Waals surface area contributed by atoms with Gasteiger partial charge < -0.3 is 11.1 Å². The minimum atomic E-state index is -0.0361. The van der Waals surface area contributed by atoms with Crippen molar-refractivity contribution < 1.29 is 4.79 Å². The van der Waals surface area contributed by atoms with E-state index in [0.29, 0.717) is 19.1 Å². The Bertz CT molecular complexity index is 192. The highest BCUT2D eigenvalue weighted by Gasteiger charge is 2.34. The standard InChI is InChI=1S/C10H21N3O/c1-3-12-10(14)8(2)13(7-6-11)9-4-5-9/h8-9H,3-7,11H2,1-2H3,(H,12,14). The van der Waals surface area contributed by atoms with E-state index in [0.717, 1.165) is 6.54 Å². The maximum absolute atomic E-state index is 11.6. The Labute approximate surface area is 85.8 Å². The minimum absolute atomic E-state index is 0.0361. The van der Waals surface area contributed by atoms with Crippen molar-refractivity contribution in [2.45, 2.75) is 38.8 Å². The quantitative estimate of drug-likeness (QED) is 0.630. The van der Waals surface area contributed by atoms with E-state index < -0.39 is 0 Å². The zero-order valence-electron chi connectivity index (χ0n) is 9.12. The number of nitrogens with zero attached hydrogens (tertiary/aromatic N) is 1. The Hall–Kier alpha value is -0.610. The second-order valence-electron chi connectivity index (χ2n) is 3.83. The smallest absolute Gasteiger partial charge is 0.237 e.